The molecule has 0 unspecified atom stereocenters. The van der Waals surface area contributed by atoms with Crippen LogP contribution in [0.1, 0.15) is 17.3 Å². The van der Waals surface area contributed by atoms with E-state index in [4.69, 9.17) is 0 Å². The third-order valence-corrected chi connectivity index (χ3v) is 3.01. The molecule has 0 spiro atoms. The zero-order chi connectivity index (χ0) is 12.4. The van der Waals surface area contributed by atoms with Crippen LogP contribution in [-0.4, -0.2) is 41.1 Å². The van der Waals surface area contributed by atoms with Gasteiger partial charge in [-0.1, -0.05) is 0 Å². The molecule has 0 saturated carbocycles. The molecule has 2 heterocycles. The molecule has 0 bridgehead atoms. The molecule has 1 saturated heterocycles. The third-order valence-electron chi connectivity index (χ3n) is 3.01. The number of rotatable bonds is 1. The first-order valence-corrected chi connectivity index (χ1v) is 5.77. The summed E-state index contributed by atoms with van der Waals surface area (Å²) >= 11 is 0. The van der Waals surface area contributed by atoms with Gasteiger partial charge in [0.1, 0.15) is 0 Å². The van der Waals surface area contributed by atoms with Crippen LogP contribution >= 0.6 is 0 Å². The average Bonchev–Trinajstić information content (AvgIpc) is 2.32. The van der Waals surface area contributed by atoms with E-state index >= 15 is 0 Å². The number of hydrogen-bond donors (Lipinski definition) is 1. The second kappa shape index (κ2) is 4.71. The molecule has 0 radical (unpaired) electrons. The molecule has 1 fully saturated rings. The predicted molar refractivity (Wildman–Crippen MR) is 65.1 cm³/mol. The number of amides is 1. The Kier molecular flexibility index (Phi) is 3.28. The van der Waals surface area contributed by atoms with Crippen LogP contribution in [0.3, 0.4) is 0 Å². The number of hydrogen-bond acceptors (Lipinski definition) is 3. The van der Waals surface area contributed by atoms with Gasteiger partial charge >= 0.3 is 0 Å². The molecule has 2 rings (SSSR count). The minimum absolute atomic E-state index is 0.0592. The minimum atomic E-state index is -0.154. The van der Waals surface area contributed by atoms with Crippen molar-refractivity contribution in [2.75, 3.05) is 19.6 Å². The van der Waals surface area contributed by atoms with E-state index in [0.29, 0.717) is 24.7 Å². The SMILES string of the molecule is C[C@H]1CN(C(=O)c2ccn(C)c(=O)c2)CCN1. The molecule has 0 aromatic carbocycles. The van der Waals surface area contributed by atoms with Crippen molar-refractivity contribution in [3.05, 3.63) is 34.2 Å². The minimum Gasteiger partial charge on any atom is -0.336 e. The maximum absolute atomic E-state index is 12.2. The summed E-state index contributed by atoms with van der Waals surface area (Å²) in [6, 6.07) is 3.39. The Morgan fingerprint density at radius 3 is 2.94 bits per heavy atom. The maximum Gasteiger partial charge on any atom is 0.254 e. The maximum atomic E-state index is 12.2. The Labute approximate surface area is 100 Å². The Morgan fingerprint density at radius 2 is 2.29 bits per heavy atom. The molecule has 1 aromatic heterocycles. The van der Waals surface area contributed by atoms with Gasteiger partial charge in [0.15, 0.2) is 0 Å². The second-order valence-electron chi connectivity index (χ2n) is 4.47. The number of aryl methyl sites for hydroxylation is 1. The van der Waals surface area contributed by atoms with Gasteiger partial charge < -0.3 is 14.8 Å². The summed E-state index contributed by atoms with van der Waals surface area (Å²) in [5.41, 5.74) is 0.321. The molecule has 17 heavy (non-hydrogen) atoms. The lowest BCUT2D eigenvalue weighted by Gasteiger charge is -2.31. The first-order valence-electron chi connectivity index (χ1n) is 5.77. The van der Waals surface area contributed by atoms with Crippen molar-refractivity contribution < 1.29 is 4.79 Å². The van der Waals surface area contributed by atoms with Crippen molar-refractivity contribution in [1.29, 1.82) is 0 Å². The van der Waals surface area contributed by atoms with Gasteiger partial charge in [-0.25, -0.2) is 0 Å². The van der Waals surface area contributed by atoms with Gasteiger partial charge in [0.2, 0.25) is 0 Å². The van der Waals surface area contributed by atoms with Crippen LogP contribution in [-0.2, 0) is 7.05 Å². The van der Waals surface area contributed by atoms with Gasteiger partial charge in [-0.05, 0) is 13.0 Å². The summed E-state index contributed by atoms with van der Waals surface area (Å²) in [4.78, 5) is 25.4. The summed E-state index contributed by atoms with van der Waals surface area (Å²) in [5.74, 6) is -0.0592. The number of carbonyl (C=O) groups excluding carboxylic acids is 1. The average molecular weight is 235 g/mol. The van der Waals surface area contributed by atoms with Crippen LogP contribution in [0.2, 0.25) is 0 Å². The van der Waals surface area contributed by atoms with Gasteiger partial charge in [0.05, 0.1) is 0 Å². The quantitative estimate of drug-likeness (QED) is 0.734. The number of nitrogens with zero attached hydrogens (tertiary/aromatic N) is 2. The van der Waals surface area contributed by atoms with Crippen LogP contribution < -0.4 is 10.9 Å². The zero-order valence-corrected chi connectivity index (χ0v) is 10.1. The summed E-state index contributed by atoms with van der Waals surface area (Å²) in [6.07, 6.45) is 1.63. The Hall–Kier alpha value is -1.62. The molecule has 5 heteroatoms. The van der Waals surface area contributed by atoms with Crippen molar-refractivity contribution in [3.63, 3.8) is 0 Å². The van der Waals surface area contributed by atoms with E-state index in [-0.39, 0.29) is 11.5 Å². The van der Waals surface area contributed by atoms with Crippen LogP contribution in [0.25, 0.3) is 0 Å². The summed E-state index contributed by atoms with van der Waals surface area (Å²) < 4.78 is 1.46. The highest BCUT2D eigenvalue weighted by Gasteiger charge is 2.21. The fourth-order valence-electron chi connectivity index (χ4n) is 1.98. The highest BCUT2D eigenvalue weighted by Crippen LogP contribution is 2.05. The molecule has 1 N–H and O–H groups in total. The van der Waals surface area contributed by atoms with E-state index < -0.39 is 0 Å². The van der Waals surface area contributed by atoms with Crippen molar-refractivity contribution in [1.82, 2.24) is 14.8 Å². The molecule has 5 nitrogen and oxygen atoms in total. The van der Waals surface area contributed by atoms with Gasteiger partial charge in [0, 0.05) is 50.6 Å². The van der Waals surface area contributed by atoms with Crippen LogP contribution in [0.15, 0.2) is 23.1 Å². The zero-order valence-electron chi connectivity index (χ0n) is 10.1. The van der Waals surface area contributed by atoms with Gasteiger partial charge in [-0.15, -0.1) is 0 Å². The summed E-state index contributed by atoms with van der Waals surface area (Å²) in [6.45, 7) is 4.23. The lowest BCUT2D eigenvalue weighted by molar-refractivity contribution is 0.0709. The lowest BCUT2D eigenvalue weighted by Crippen LogP contribution is -2.51. The number of piperazine rings is 1. The number of aromatic nitrogens is 1. The first kappa shape index (κ1) is 11.9. The number of nitrogens with one attached hydrogen (secondary N) is 1. The van der Waals surface area contributed by atoms with Crippen molar-refractivity contribution in [3.8, 4) is 0 Å². The molecule has 1 aliphatic heterocycles. The van der Waals surface area contributed by atoms with Gasteiger partial charge in [0.25, 0.3) is 11.5 Å². The van der Waals surface area contributed by atoms with E-state index in [1.54, 1.807) is 24.2 Å². The standard InChI is InChI=1S/C12H17N3O2/c1-9-8-15(6-4-13-9)12(17)10-3-5-14(2)11(16)7-10/h3,5,7,9,13H,4,6,8H2,1-2H3/t9-/m0/s1. The predicted octanol–water partition coefficient (Wildman–Crippen LogP) is -0.181. The fraction of sp³-hybridized carbons (Fsp3) is 0.500. The van der Waals surface area contributed by atoms with E-state index in [1.807, 2.05) is 6.92 Å². The lowest BCUT2D eigenvalue weighted by atomic mass is 10.2. The highest BCUT2D eigenvalue weighted by molar-refractivity contribution is 5.94. The van der Waals surface area contributed by atoms with Gasteiger partial charge in [-0.3, -0.25) is 9.59 Å². The molecular weight excluding hydrogens is 218 g/mol. The molecule has 1 aliphatic rings. The molecule has 1 aromatic rings. The molecule has 0 aliphatic carbocycles. The first-order chi connectivity index (χ1) is 8.08. The molecule has 92 valence electrons. The van der Waals surface area contributed by atoms with E-state index in [0.717, 1.165) is 6.54 Å². The number of pyridine rings is 1. The topological polar surface area (TPSA) is 54.3 Å². The van der Waals surface area contributed by atoms with Crippen molar-refractivity contribution in [2.45, 2.75) is 13.0 Å². The summed E-state index contributed by atoms with van der Waals surface area (Å²) in [5, 5.41) is 3.28. The smallest absolute Gasteiger partial charge is 0.254 e. The number of carbonyl (C=O) groups is 1. The fourth-order valence-corrected chi connectivity index (χ4v) is 1.98. The molecular formula is C12H17N3O2. The Balaban J connectivity index is 2.18. The van der Waals surface area contributed by atoms with Gasteiger partial charge in [-0.2, -0.15) is 0 Å². The van der Waals surface area contributed by atoms with Crippen LogP contribution in [0.5, 0.6) is 0 Å². The highest BCUT2D eigenvalue weighted by atomic mass is 16.2. The van der Waals surface area contributed by atoms with Crippen LogP contribution in [0, 0.1) is 0 Å². The second-order valence-corrected chi connectivity index (χ2v) is 4.47. The van der Waals surface area contributed by atoms with Crippen molar-refractivity contribution >= 4 is 5.91 Å². The van der Waals surface area contributed by atoms with E-state index in [2.05, 4.69) is 5.32 Å². The van der Waals surface area contributed by atoms with Crippen molar-refractivity contribution in [2.24, 2.45) is 7.05 Å². The largest absolute Gasteiger partial charge is 0.336 e. The molecule has 1 amide bonds. The summed E-state index contributed by atoms with van der Waals surface area (Å²) in [7, 11) is 1.67. The molecule has 1 atom stereocenters. The normalized spacial score (nSPS) is 20.4. The third kappa shape index (κ3) is 2.55. The Morgan fingerprint density at radius 1 is 1.53 bits per heavy atom. The van der Waals surface area contributed by atoms with E-state index in [9.17, 15) is 9.59 Å². The monoisotopic (exact) mass is 235 g/mol. The Bertz CT molecular complexity index is 481. The van der Waals surface area contributed by atoms with E-state index in [1.165, 1.54) is 10.6 Å². The van der Waals surface area contributed by atoms with Crippen LogP contribution in [0.4, 0.5) is 0 Å².